The molecular formula is C29H38N4O4. The second kappa shape index (κ2) is 10.4. The molecule has 2 heterocycles. The molecule has 8 heteroatoms. The number of aromatic nitrogens is 2. The van der Waals surface area contributed by atoms with Crippen molar-refractivity contribution in [3.05, 3.63) is 64.4 Å². The first kappa shape index (κ1) is 27.1. The molecule has 3 atom stereocenters. The van der Waals surface area contributed by atoms with Gasteiger partial charge in [-0.3, -0.25) is 4.79 Å². The molecular weight excluding hydrogens is 468 g/mol. The van der Waals surface area contributed by atoms with Gasteiger partial charge in [0.1, 0.15) is 6.07 Å². The number of aromatic amines is 1. The van der Waals surface area contributed by atoms with E-state index in [0.29, 0.717) is 19.3 Å². The average Bonchev–Trinajstić information content (AvgIpc) is 3.25. The Morgan fingerprint density at radius 1 is 1.19 bits per heavy atom. The predicted molar refractivity (Wildman–Crippen MR) is 140 cm³/mol. The van der Waals surface area contributed by atoms with Crippen molar-refractivity contribution in [1.82, 2.24) is 15.3 Å². The molecule has 0 radical (unpaired) electrons. The van der Waals surface area contributed by atoms with Gasteiger partial charge in [0.2, 0.25) is 0 Å². The van der Waals surface area contributed by atoms with Gasteiger partial charge < -0.3 is 25.3 Å². The number of aliphatic hydroxyl groups excluding tert-OH is 2. The van der Waals surface area contributed by atoms with Crippen molar-refractivity contribution >= 4 is 5.91 Å². The number of imidazole rings is 1. The van der Waals surface area contributed by atoms with E-state index in [1.807, 2.05) is 32.1 Å². The number of amides is 1. The molecule has 0 aromatic carbocycles. The van der Waals surface area contributed by atoms with Crippen LogP contribution in [0.25, 0.3) is 0 Å². The molecule has 1 amide bonds. The molecule has 1 aliphatic heterocycles. The van der Waals surface area contributed by atoms with Crippen molar-refractivity contribution in [2.24, 2.45) is 11.3 Å². The van der Waals surface area contributed by atoms with Crippen molar-refractivity contribution in [1.29, 1.82) is 5.26 Å². The molecule has 4 rings (SSSR count). The summed E-state index contributed by atoms with van der Waals surface area (Å²) in [7, 11) is 0. The number of rotatable bonds is 6. The number of allylic oxidation sites excluding steroid dienone is 7. The van der Waals surface area contributed by atoms with Gasteiger partial charge in [0.25, 0.3) is 5.91 Å². The maximum atomic E-state index is 12.9. The van der Waals surface area contributed by atoms with Crippen molar-refractivity contribution in [2.75, 3.05) is 13.2 Å². The minimum Gasteiger partial charge on any atom is -0.393 e. The van der Waals surface area contributed by atoms with E-state index in [-0.39, 0.29) is 36.1 Å². The van der Waals surface area contributed by atoms with E-state index in [4.69, 9.17) is 10.00 Å². The third-order valence-electron chi connectivity index (χ3n) is 7.75. The summed E-state index contributed by atoms with van der Waals surface area (Å²) in [5.74, 6) is -0.236. The largest absolute Gasteiger partial charge is 0.393 e. The number of carbonyl (C=O) groups excluding carboxylic acids is 1. The Balaban J connectivity index is 1.67. The second-order valence-electron chi connectivity index (χ2n) is 11.9. The van der Waals surface area contributed by atoms with Crippen LogP contribution in [0.4, 0.5) is 0 Å². The Hall–Kier alpha value is -2.99. The number of carbonyl (C=O) groups is 1. The maximum absolute atomic E-state index is 12.9. The number of nitriles is 1. The Labute approximate surface area is 218 Å². The molecule has 1 aromatic rings. The van der Waals surface area contributed by atoms with Crippen LogP contribution in [-0.2, 0) is 4.74 Å². The molecule has 2 aliphatic carbocycles. The maximum Gasteiger partial charge on any atom is 0.291 e. The molecule has 0 spiro atoms. The number of hydrogen-bond donors (Lipinski definition) is 4. The van der Waals surface area contributed by atoms with E-state index in [0.717, 1.165) is 36.1 Å². The zero-order valence-corrected chi connectivity index (χ0v) is 22.2. The van der Waals surface area contributed by atoms with Gasteiger partial charge in [0, 0.05) is 18.3 Å². The van der Waals surface area contributed by atoms with Crippen molar-refractivity contribution in [2.45, 2.75) is 77.4 Å². The molecule has 0 bridgehead atoms. The van der Waals surface area contributed by atoms with Gasteiger partial charge in [-0.25, -0.2) is 4.98 Å². The minimum absolute atomic E-state index is 0.0632. The topological polar surface area (TPSA) is 131 Å². The number of H-pyrrole nitrogens is 1. The molecule has 1 aromatic heterocycles. The summed E-state index contributed by atoms with van der Waals surface area (Å²) < 4.78 is 6.15. The van der Waals surface area contributed by atoms with Gasteiger partial charge in [0.15, 0.2) is 11.5 Å². The van der Waals surface area contributed by atoms with Gasteiger partial charge in [0.05, 0.1) is 24.4 Å². The van der Waals surface area contributed by atoms with E-state index < -0.39 is 17.1 Å². The normalized spacial score (nSPS) is 29.7. The van der Waals surface area contributed by atoms with Crippen LogP contribution in [0.5, 0.6) is 0 Å². The first-order valence-corrected chi connectivity index (χ1v) is 13.0. The van der Waals surface area contributed by atoms with Crippen LogP contribution in [0.1, 0.15) is 82.5 Å². The lowest BCUT2D eigenvalue weighted by Crippen LogP contribution is -2.52. The lowest BCUT2D eigenvalue weighted by molar-refractivity contribution is -0.212. The first-order valence-electron chi connectivity index (χ1n) is 13.0. The van der Waals surface area contributed by atoms with Crippen molar-refractivity contribution in [3.8, 4) is 6.07 Å². The van der Waals surface area contributed by atoms with Crippen molar-refractivity contribution < 1.29 is 19.7 Å². The van der Waals surface area contributed by atoms with Crippen molar-refractivity contribution in [3.63, 3.8) is 0 Å². The van der Waals surface area contributed by atoms with E-state index in [2.05, 4.69) is 41.3 Å². The minimum atomic E-state index is -0.756. The average molecular weight is 507 g/mol. The predicted octanol–water partition coefficient (Wildman–Crippen LogP) is 4.22. The van der Waals surface area contributed by atoms with Crippen LogP contribution in [-0.4, -0.2) is 50.5 Å². The Kier molecular flexibility index (Phi) is 7.61. The molecule has 1 fully saturated rings. The summed E-state index contributed by atoms with van der Waals surface area (Å²) in [6, 6.07) is 1.93. The molecule has 0 saturated carbocycles. The smallest absolute Gasteiger partial charge is 0.291 e. The second-order valence-corrected chi connectivity index (χ2v) is 11.9. The Bertz CT molecular complexity index is 1200. The highest BCUT2D eigenvalue weighted by Crippen LogP contribution is 2.44. The lowest BCUT2D eigenvalue weighted by atomic mass is 9.74. The van der Waals surface area contributed by atoms with Crippen LogP contribution in [0.3, 0.4) is 0 Å². The summed E-state index contributed by atoms with van der Waals surface area (Å²) in [5.41, 5.74) is 3.21. The molecule has 3 aliphatic rings. The summed E-state index contributed by atoms with van der Waals surface area (Å²) in [6.07, 6.45) is 14.8. The zero-order valence-electron chi connectivity index (χ0n) is 22.2. The molecule has 1 saturated heterocycles. The fourth-order valence-electron chi connectivity index (χ4n) is 5.60. The van der Waals surface area contributed by atoms with Gasteiger partial charge in [-0.2, -0.15) is 5.26 Å². The van der Waals surface area contributed by atoms with Gasteiger partial charge in [-0.15, -0.1) is 0 Å². The van der Waals surface area contributed by atoms with Gasteiger partial charge >= 0.3 is 0 Å². The molecule has 37 heavy (non-hydrogen) atoms. The quantitative estimate of drug-likeness (QED) is 0.457. The molecule has 4 N–H and O–H groups in total. The summed E-state index contributed by atoms with van der Waals surface area (Å²) in [5, 5.41) is 32.2. The first-order chi connectivity index (χ1) is 17.5. The number of nitrogens with zero attached hydrogens (tertiary/aromatic N) is 2. The number of aliphatic hydroxyl groups is 2. The number of hydrogen-bond acceptors (Lipinski definition) is 6. The highest BCUT2D eigenvalue weighted by Gasteiger charge is 2.45. The summed E-state index contributed by atoms with van der Waals surface area (Å²) in [6.45, 7) is 8.08. The lowest BCUT2D eigenvalue weighted by Gasteiger charge is -2.47. The van der Waals surface area contributed by atoms with E-state index in [9.17, 15) is 15.0 Å². The van der Waals surface area contributed by atoms with E-state index in [1.54, 1.807) is 0 Å². The van der Waals surface area contributed by atoms with E-state index >= 15 is 0 Å². The highest BCUT2D eigenvalue weighted by atomic mass is 16.5. The SMILES string of the molecule is CC1(C)CC=C(C2=CC([C@H]3C[C@](C)(CO)O[C@](C)(CO)C3)=CC=C(NC(=O)c3nc(C#N)c[nH]3)C2)CC1. The third-order valence-corrected chi connectivity index (χ3v) is 7.75. The monoisotopic (exact) mass is 506 g/mol. The van der Waals surface area contributed by atoms with Crippen LogP contribution in [0.15, 0.2) is 52.9 Å². The number of ether oxygens (including phenoxy) is 1. The highest BCUT2D eigenvalue weighted by molar-refractivity contribution is 5.92. The number of nitrogens with one attached hydrogen (secondary N) is 2. The zero-order chi connectivity index (χ0) is 26.8. The molecule has 8 nitrogen and oxygen atoms in total. The van der Waals surface area contributed by atoms with Crippen LogP contribution in [0, 0.1) is 22.7 Å². The standard InChI is InChI=1S/C29H38N4O4/c1-27(2)9-7-19(8-10-27)21-11-20(22-13-28(3,17-34)37-29(4,14-22)18-35)5-6-23(12-21)33-26(36)25-31-16-24(15-30)32-25/h5-7,11,16,22,34-35H,8-10,12-14,17-18H2,1-4H3,(H,31,32)(H,33,36)/t22-,28+,29-. The third kappa shape index (κ3) is 6.30. The summed E-state index contributed by atoms with van der Waals surface area (Å²) >= 11 is 0. The van der Waals surface area contributed by atoms with Crippen LogP contribution in [0.2, 0.25) is 0 Å². The molecule has 198 valence electrons. The fourth-order valence-corrected chi connectivity index (χ4v) is 5.60. The van der Waals surface area contributed by atoms with Gasteiger partial charge in [-0.05, 0) is 80.1 Å². The van der Waals surface area contributed by atoms with Crippen LogP contribution >= 0.6 is 0 Å². The molecule has 0 unspecified atom stereocenters. The van der Waals surface area contributed by atoms with Crippen LogP contribution < -0.4 is 5.32 Å². The summed E-state index contributed by atoms with van der Waals surface area (Å²) in [4.78, 5) is 19.7. The van der Waals surface area contributed by atoms with E-state index in [1.165, 1.54) is 11.8 Å². The Morgan fingerprint density at radius 2 is 1.89 bits per heavy atom. The fraction of sp³-hybridized carbons (Fsp3) is 0.552. The van der Waals surface area contributed by atoms with Gasteiger partial charge in [-0.1, -0.05) is 32.1 Å². The Morgan fingerprint density at radius 3 is 2.46 bits per heavy atom.